The lowest BCUT2D eigenvalue weighted by Crippen LogP contribution is -2.37. The smallest absolute Gasteiger partial charge is 0.339 e. The van der Waals surface area contributed by atoms with Crippen molar-refractivity contribution >= 4 is 25.6 Å². The largest absolute Gasteiger partial charge is 0.507 e. The first-order valence-corrected chi connectivity index (χ1v) is 17.3. The monoisotopic (exact) mass is 634 g/mol. The molecule has 2 N–H and O–H groups in total. The van der Waals surface area contributed by atoms with E-state index in [9.17, 15) is 26.7 Å². The Morgan fingerprint density at radius 3 is 1.98 bits per heavy atom. The highest BCUT2D eigenvalue weighted by Gasteiger charge is 2.52. The van der Waals surface area contributed by atoms with Crippen molar-refractivity contribution in [1.82, 2.24) is 9.97 Å². The van der Waals surface area contributed by atoms with Gasteiger partial charge in [0.1, 0.15) is 5.76 Å². The molecule has 0 spiro atoms. The number of cyclic esters (lactones) is 1. The van der Waals surface area contributed by atoms with Gasteiger partial charge in [0, 0.05) is 31.2 Å². The topological polar surface area (TPSA) is 143 Å². The van der Waals surface area contributed by atoms with Gasteiger partial charge in [-0.15, -0.1) is 0 Å². The molecule has 0 bridgehead atoms. The van der Waals surface area contributed by atoms with E-state index in [2.05, 4.69) is 9.97 Å². The van der Waals surface area contributed by atoms with Crippen LogP contribution in [0.1, 0.15) is 43.4 Å². The summed E-state index contributed by atoms with van der Waals surface area (Å²) >= 11 is 0. The second kappa shape index (κ2) is 11.7. The fraction of sp³-hybridized carbons (Fsp3) is 0.273. The molecule has 1 aliphatic heterocycles. The molecule has 0 amide bonds. The van der Waals surface area contributed by atoms with Crippen molar-refractivity contribution < 1.29 is 31.5 Å². The van der Waals surface area contributed by atoms with Crippen LogP contribution in [0.15, 0.2) is 119 Å². The Morgan fingerprint density at radius 1 is 0.864 bits per heavy atom. The minimum atomic E-state index is -4.34. The lowest BCUT2D eigenvalue weighted by atomic mass is 9.71. The van der Waals surface area contributed by atoms with Crippen LogP contribution in [0.5, 0.6) is 0 Å². The first kappa shape index (κ1) is 31.2. The van der Waals surface area contributed by atoms with Crippen LogP contribution in [0.4, 0.5) is 0 Å². The Kier molecular flexibility index (Phi) is 8.30. The van der Waals surface area contributed by atoms with E-state index in [0.717, 1.165) is 11.1 Å². The maximum atomic E-state index is 13.8. The second-order valence-electron chi connectivity index (χ2n) is 12.1. The van der Waals surface area contributed by atoms with Crippen LogP contribution in [-0.2, 0) is 42.0 Å². The Morgan fingerprint density at radius 2 is 1.45 bits per heavy atom. The number of hydrogen-bond acceptors (Lipinski definition) is 8. The van der Waals surface area contributed by atoms with Crippen molar-refractivity contribution in [2.24, 2.45) is 5.41 Å². The predicted octanol–water partition coefficient (Wildman–Crippen LogP) is 5.34. The fourth-order valence-corrected chi connectivity index (χ4v) is 9.46. The van der Waals surface area contributed by atoms with Crippen molar-refractivity contribution in [1.29, 1.82) is 0 Å². The van der Waals surface area contributed by atoms with E-state index in [4.69, 9.17) is 4.74 Å². The molecule has 0 aliphatic carbocycles. The number of rotatable bonds is 10. The second-order valence-corrected chi connectivity index (χ2v) is 16.3. The minimum Gasteiger partial charge on any atom is -0.507 e. The van der Waals surface area contributed by atoms with Gasteiger partial charge >= 0.3 is 5.97 Å². The highest BCUT2D eigenvalue weighted by Crippen LogP contribution is 2.49. The van der Waals surface area contributed by atoms with Gasteiger partial charge in [-0.1, -0.05) is 93.6 Å². The molecule has 2 heterocycles. The van der Waals surface area contributed by atoms with Crippen molar-refractivity contribution in [2.45, 2.75) is 55.2 Å². The average molecular weight is 635 g/mol. The number of ether oxygens (including phenoxy) is 1. The Labute approximate surface area is 257 Å². The first-order valence-electron chi connectivity index (χ1n) is 14.0. The zero-order valence-electron chi connectivity index (χ0n) is 24.6. The van der Waals surface area contributed by atoms with Gasteiger partial charge < -0.3 is 14.8 Å². The van der Waals surface area contributed by atoms with Crippen LogP contribution in [0.25, 0.3) is 0 Å². The lowest BCUT2D eigenvalue weighted by Gasteiger charge is -2.32. The van der Waals surface area contributed by atoms with Crippen molar-refractivity contribution in [3.8, 4) is 0 Å². The number of nitrogens with one attached hydrogen (secondary N) is 1. The van der Waals surface area contributed by atoms with Gasteiger partial charge in [0.2, 0.25) is 15.0 Å². The molecule has 0 saturated carbocycles. The molecule has 1 atom stereocenters. The van der Waals surface area contributed by atoms with Gasteiger partial charge in [-0.25, -0.2) is 26.6 Å². The van der Waals surface area contributed by atoms with Crippen LogP contribution in [0.3, 0.4) is 0 Å². The summed E-state index contributed by atoms with van der Waals surface area (Å²) in [5.41, 5.74) is 0.106. The van der Waals surface area contributed by atoms with Crippen LogP contribution >= 0.6 is 0 Å². The van der Waals surface area contributed by atoms with E-state index in [1.54, 1.807) is 6.07 Å². The number of nitrogens with zero attached hydrogens (tertiary/aromatic N) is 1. The molecule has 44 heavy (non-hydrogen) atoms. The highest BCUT2D eigenvalue weighted by molar-refractivity contribution is 8.08. The Bertz CT molecular complexity index is 1850. The SMILES string of the molecule is CC(C)(C)C(C1=C(O)C(Cc2ccccc2)(Cc2ccccc2)OC1=O)c1cccc(S(=O)(=O)CS(=O)(=O)c2ncc[nH]2)c1. The number of H-pyrrole nitrogens is 1. The fourth-order valence-electron chi connectivity index (χ4n) is 5.77. The normalized spacial score (nSPS) is 16.1. The van der Waals surface area contributed by atoms with E-state index < -0.39 is 52.8 Å². The molecular formula is C33H34N2O7S2. The predicted molar refractivity (Wildman–Crippen MR) is 165 cm³/mol. The molecule has 0 fully saturated rings. The lowest BCUT2D eigenvalue weighted by molar-refractivity contribution is -0.148. The molecule has 1 aromatic heterocycles. The zero-order valence-corrected chi connectivity index (χ0v) is 26.2. The molecule has 5 rings (SSSR count). The Hall–Kier alpha value is -4.22. The summed E-state index contributed by atoms with van der Waals surface area (Å²) in [6, 6.07) is 24.7. The highest BCUT2D eigenvalue weighted by atomic mass is 32.3. The maximum Gasteiger partial charge on any atom is 0.339 e. The number of hydrogen-bond donors (Lipinski definition) is 2. The molecule has 0 saturated heterocycles. The van der Waals surface area contributed by atoms with Crippen LogP contribution in [0.2, 0.25) is 0 Å². The summed E-state index contributed by atoms with van der Waals surface area (Å²) < 4.78 is 58.3. The van der Waals surface area contributed by atoms with Gasteiger partial charge in [0.05, 0.1) is 10.5 Å². The summed E-state index contributed by atoms with van der Waals surface area (Å²) in [7, 11) is -8.61. The molecule has 230 valence electrons. The summed E-state index contributed by atoms with van der Waals surface area (Å²) in [4.78, 5) is 19.7. The number of aliphatic hydroxyl groups is 1. The van der Waals surface area contributed by atoms with E-state index in [1.807, 2.05) is 81.4 Å². The molecule has 11 heteroatoms. The van der Waals surface area contributed by atoms with Crippen molar-refractivity contribution in [3.05, 3.63) is 125 Å². The van der Waals surface area contributed by atoms with Gasteiger partial charge in [0.25, 0.3) is 0 Å². The third kappa shape index (κ3) is 6.34. The number of benzene rings is 3. The number of esters is 1. The number of aliphatic hydroxyl groups excluding tert-OH is 1. The molecule has 9 nitrogen and oxygen atoms in total. The molecule has 4 aromatic rings. The maximum absolute atomic E-state index is 13.8. The van der Waals surface area contributed by atoms with Crippen molar-refractivity contribution in [3.63, 3.8) is 0 Å². The number of sulfone groups is 2. The number of imidazole rings is 1. The quantitative estimate of drug-likeness (QED) is 0.223. The molecule has 1 aliphatic rings. The molecule has 0 radical (unpaired) electrons. The van der Waals surface area contributed by atoms with Gasteiger partial charge in [-0.05, 0) is 34.2 Å². The van der Waals surface area contributed by atoms with Gasteiger partial charge in [-0.2, -0.15) is 0 Å². The standard InChI is InChI=1S/C33H34N2O7S2/c1-32(2,3)28(25-15-10-16-26(19-25)43(38,39)22-44(40,41)31-34-17-18-35-31)27-29(36)33(42-30(27)37,20-23-11-6-4-7-12-23)21-24-13-8-5-9-14-24/h4-19,28,36H,20-22H2,1-3H3,(H,34,35). The third-order valence-corrected chi connectivity index (χ3v) is 11.9. The summed E-state index contributed by atoms with van der Waals surface area (Å²) in [6.45, 7) is 5.63. The van der Waals surface area contributed by atoms with Gasteiger partial charge in [0.15, 0.2) is 20.5 Å². The first-order chi connectivity index (χ1) is 20.7. The zero-order chi connectivity index (χ0) is 31.8. The number of carbonyl (C=O) groups is 1. The van der Waals surface area contributed by atoms with Crippen LogP contribution in [-0.4, -0.2) is 48.6 Å². The molecule has 1 unspecified atom stereocenters. The van der Waals surface area contributed by atoms with E-state index in [-0.39, 0.29) is 29.1 Å². The van der Waals surface area contributed by atoms with E-state index >= 15 is 0 Å². The van der Waals surface area contributed by atoms with Crippen LogP contribution < -0.4 is 0 Å². The summed E-state index contributed by atoms with van der Waals surface area (Å²) in [5, 5.41) is 10.4. The van der Waals surface area contributed by atoms with Gasteiger partial charge in [-0.3, -0.25) is 0 Å². The summed E-state index contributed by atoms with van der Waals surface area (Å²) in [5.74, 6) is -1.69. The van der Waals surface area contributed by atoms with E-state index in [0.29, 0.717) is 5.56 Å². The minimum absolute atomic E-state index is 0.0436. The third-order valence-electron chi connectivity index (χ3n) is 7.64. The molecular weight excluding hydrogens is 601 g/mol. The van der Waals surface area contributed by atoms with E-state index in [1.165, 1.54) is 30.6 Å². The number of aromatic nitrogens is 2. The number of aromatic amines is 1. The summed E-state index contributed by atoms with van der Waals surface area (Å²) in [6.07, 6.45) is 2.97. The van der Waals surface area contributed by atoms with Crippen molar-refractivity contribution in [2.75, 3.05) is 5.08 Å². The average Bonchev–Trinajstić information content (AvgIpc) is 3.58. The number of carbonyl (C=O) groups excluding carboxylic acids is 1. The molecule has 3 aromatic carbocycles. The Balaban J connectivity index is 1.60. The van der Waals surface area contributed by atoms with Crippen LogP contribution in [0, 0.1) is 5.41 Å².